The van der Waals surface area contributed by atoms with Gasteiger partial charge in [-0.2, -0.15) is 4.98 Å². The van der Waals surface area contributed by atoms with Crippen molar-refractivity contribution in [1.82, 2.24) is 15.5 Å². The average Bonchev–Trinajstić information content (AvgIpc) is 2.35. The van der Waals surface area contributed by atoms with Crippen molar-refractivity contribution >= 4 is 0 Å². The molecule has 0 aliphatic heterocycles. The van der Waals surface area contributed by atoms with E-state index < -0.39 is 0 Å². The summed E-state index contributed by atoms with van der Waals surface area (Å²) in [5.41, 5.74) is 0. The molecule has 0 atom stereocenters. The van der Waals surface area contributed by atoms with Crippen LogP contribution in [0.4, 0.5) is 0 Å². The summed E-state index contributed by atoms with van der Waals surface area (Å²) >= 11 is 0. The van der Waals surface area contributed by atoms with E-state index in [0.29, 0.717) is 11.9 Å². The molecule has 0 saturated heterocycles. The highest BCUT2D eigenvalue weighted by Crippen LogP contribution is 1.94. The standard InChI is InChI=1S/C8H15N3O/c1-6(2)9-5-4-8-10-7(3)12-11-8/h6,9H,4-5H2,1-3H3. The van der Waals surface area contributed by atoms with Gasteiger partial charge in [0, 0.05) is 25.9 Å². The molecule has 0 aromatic carbocycles. The zero-order chi connectivity index (χ0) is 8.97. The summed E-state index contributed by atoms with van der Waals surface area (Å²) in [6.07, 6.45) is 0.829. The lowest BCUT2D eigenvalue weighted by Gasteiger charge is -2.04. The molecule has 1 heterocycles. The van der Waals surface area contributed by atoms with Gasteiger partial charge in [0.1, 0.15) is 0 Å². The predicted octanol–water partition coefficient (Wildman–Crippen LogP) is 0.919. The van der Waals surface area contributed by atoms with Crippen LogP contribution in [0.25, 0.3) is 0 Å². The number of nitrogens with zero attached hydrogens (tertiary/aromatic N) is 2. The molecule has 0 spiro atoms. The number of aromatic nitrogens is 2. The van der Waals surface area contributed by atoms with Gasteiger partial charge in [0.05, 0.1) is 0 Å². The van der Waals surface area contributed by atoms with Crippen molar-refractivity contribution in [1.29, 1.82) is 0 Å². The first kappa shape index (κ1) is 9.19. The zero-order valence-corrected chi connectivity index (χ0v) is 7.79. The first-order valence-corrected chi connectivity index (χ1v) is 4.21. The normalized spacial score (nSPS) is 11.0. The average molecular weight is 169 g/mol. The van der Waals surface area contributed by atoms with Crippen molar-refractivity contribution < 1.29 is 4.52 Å². The molecule has 12 heavy (non-hydrogen) atoms. The molecule has 1 rings (SSSR count). The monoisotopic (exact) mass is 169 g/mol. The van der Waals surface area contributed by atoms with Crippen molar-refractivity contribution in [3.05, 3.63) is 11.7 Å². The van der Waals surface area contributed by atoms with Crippen LogP contribution in [0.5, 0.6) is 0 Å². The molecule has 0 aliphatic rings. The maximum Gasteiger partial charge on any atom is 0.223 e. The van der Waals surface area contributed by atoms with Crippen LogP contribution in [0.3, 0.4) is 0 Å². The zero-order valence-electron chi connectivity index (χ0n) is 7.79. The minimum absolute atomic E-state index is 0.512. The molecule has 0 amide bonds. The Kier molecular flexibility index (Phi) is 3.22. The predicted molar refractivity (Wildman–Crippen MR) is 45.9 cm³/mol. The molecule has 4 heteroatoms. The topological polar surface area (TPSA) is 51.0 Å². The van der Waals surface area contributed by atoms with E-state index in [-0.39, 0.29) is 0 Å². The molecule has 0 saturated carbocycles. The summed E-state index contributed by atoms with van der Waals surface area (Å²) in [4.78, 5) is 4.09. The van der Waals surface area contributed by atoms with Crippen LogP contribution in [-0.2, 0) is 6.42 Å². The number of rotatable bonds is 4. The van der Waals surface area contributed by atoms with Crippen LogP contribution in [0.1, 0.15) is 25.6 Å². The fourth-order valence-electron chi connectivity index (χ4n) is 0.916. The molecule has 0 fully saturated rings. The third-order valence-corrected chi connectivity index (χ3v) is 1.47. The Morgan fingerprint density at radius 1 is 1.50 bits per heavy atom. The first-order valence-electron chi connectivity index (χ1n) is 4.21. The van der Waals surface area contributed by atoms with E-state index in [1.165, 1.54) is 0 Å². The van der Waals surface area contributed by atoms with Crippen molar-refractivity contribution in [2.75, 3.05) is 6.54 Å². The molecule has 0 aliphatic carbocycles. The van der Waals surface area contributed by atoms with Crippen LogP contribution in [-0.4, -0.2) is 22.7 Å². The summed E-state index contributed by atoms with van der Waals surface area (Å²) < 4.78 is 4.83. The fraction of sp³-hybridized carbons (Fsp3) is 0.750. The Morgan fingerprint density at radius 2 is 2.25 bits per heavy atom. The Labute approximate surface area is 72.4 Å². The molecule has 1 aromatic heterocycles. The highest BCUT2D eigenvalue weighted by Gasteiger charge is 2.01. The maximum absolute atomic E-state index is 4.83. The first-order chi connectivity index (χ1) is 5.68. The minimum atomic E-state index is 0.512. The van der Waals surface area contributed by atoms with Gasteiger partial charge >= 0.3 is 0 Å². The van der Waals surface area contributed by atoms with E-state index >= 15 is 0 Å². The quantitative estimate of drug-likeness (QED) is 0.728. The third kappa shape index (κ3) is 3.00. The molecule has 0 unspecified atom stereocenters. The van der Waals surface area contributed by atoms with E-state index in [9.17, 15) is 0 Å². The van der Waals surface area contributed by atoms with Crippen LogP contribution < -0.4 is 5.32 Å². The smallest absolute Gasteiger partial charge is 0.223 e. The van der Waals surface area contributed by atoms with Crippen LogP contribution in [0.2, 0.25) is 0 Å². The summed E-state index contributed by atoms with van der Waals surface area (Å²) in [5, 5.41) is 7.07. The van der Waals surface area contributed by atoms with Crippen LogP contribution in [0.15, 0.2) is 4.52 Å². The SMILES string of the molecule is Cc1nc(CCNC(C)C)no1. The van der Waals surface area contributed by atoms with E-state index in [4.69, 9.17) is 4.52 Å². The van der Waals surface area contributed by atoms with Gasteiger partial charge in [-0.15, -0.1) is 0 Å². The fourth-order valence-corrected chi connectivity index (χ4v) is 0.916. The summed E-state index contributed by atoms with van der Waals surface area (Å²) in [7, 11) is 0. The largest absolute Gasteiger partial charge is 0.340 e. The lowest BCUT2D eigenvalue weighted by Crippen LogP contribution is -2.25. The van der Waals surface area contributed by atoms with Gasteiger partial charge in [-0.3, -0.25) is 0 Å². The number of aryl methyl sites for hydroxylation is 1. The minimum Gasteiger partial charge on any atom is -0.340 e. The van der Waals surface area contributed by atoms with E-state index in [2.05, 4.69) is 29.3 Å². The summed E-state index contributed by atoms with van der Waals surface area (Å²) in [6.45, 7) is 6.92. The molecule has 1 N–H and O–H groups in total. The Hall–Kier alpha value is -0.900. The van der Waals surface area contributed by atoms with Crippen LogP contribution >= 0.6 is 0 Å². The second-order valence-electron chi connectivity index (χ2n) is 3.09. The number of hydrogen-bond donors (Lipinski definition) is 1. The van der Waals surface area contributed by atoms with E-state index in [0.717, 1.165) is 18.8 Å². The van der Waals surface area contributed by atoms with Gasteiger partial charge < -0.3 is 9.84 Å². The third-order valence-electron chi connectivity index (χ3n) is 1.47. The van der Waals surface area contributed by atoms with Crippen molar-refractivity contribution in [2.24, 2.45) is 0 Å². The lowest BCUT2D eigenvalue weighted by atomic mass is 10.3. The second kappa shape index (κ2) is 4.21. The number of nitrogens with one attached hydrogen (secondary N) is 1. The lowest BCUT2D eigenvalue weighted by molar-refractivity contribution is 0.386. The highest BCUT2D eigenvalue weighted by molar-refractivity contribution is 4.84. The summed E-state index contributed by atoms with van der Waals surface area (Å²) in [6, 6.07) is 0.512. The molecule has 1 aromatic rings. The Morgan fingerprint density at radius 3 is 2.75 bits per heavy atom. The van der Waals surface area contributed by atoms with Crippen molar-refractivity contribution in [3.63, 3.8) is 0 Å². The van der Waals surface area contributed by atoms with Gasteiger partial charge in [-0.1, -0.05) is 19.0 Å². The molecule has 68 valence electrons. The van der Waals surface area contributed by atoms with Gasteiger partial charge in [0.25, 0.3) is 0 Å². The van der Waals surface area contributed by atoms with E-state index in [1.54, 1.807) is 6.92 Å². The maximum atomic E-state index is 4.83. The van der Waals surface area contributed by atoms with Gasteiger partial charge in [0.2, 0.25) is 5.89 Å². The van der Waals surface area contributed by atoms with Crippen molar-refractivity contribution in [2.45, 2.75) is 33.2 Å². The number of hydrogen-bond acceptors (Lipinski definition) is 4. The van der Waals surface area contributed by atoms with Crippen LogP contribution in [0, 0.1) is 6.92 Å². The molecule has 0 bridgehead atoms. The van der Waals surface area contributed by atoms with Gasteiger partial charge in [0.15, 0.2) is 5.82 Å². The van der Waals surface area contributed by atoms with Gasteiger partial charge in [-0.05, 0) is 0 Å². The van der Waals surface area contributed by atoms with E-state index in [1.807, 2.05) is 0 Å². The second-order valence-corrected chi connectivity index (χ2v) is 3.09. The molecule has 0 radical (unpaired) electrons. The Balaban J connectivity index is 2.24. The molecular formula is C8H15N3O. The molecule has 4 nitrogen and oxygen atoms in total. The highest BCUT2D eigenvalue weighted by atomic mass is 16.5. The molecular weight excluding hydrogens is 154 g/mol. The Bertz CT molecular complexity index is 232. The van der Waals surface area contributed by atoms with Gasteiger partial charge in [-0.25, -0.2) is 0 Å². The summed E-state index contributed by atoms with van der Waals surface area (Å²) in [5.74, 6) is 1.41. The van der Waals surface area contributed by atoms with Crippen molar-refractivity contribution in [3.8, 4) is 0 Å².